The lowest BCUT2D eigenvalue weighted by molar-refractivity contribution is 0.0241. The fourth-order valence-electron chi connectivity index (χ4n) is 2.15. The second kappa shape index (κ2) is 9.23. The molecule has 1 aromatic rings. The van der Waals surface area contributed by atoms with E-state index in [0.717, 1.165) is 31.2 Å². The summed E-state index contributed by atoms with van der Waals surface area (Å²) in [7, 11) is 1.75. The normalized spacial score (nSPS) is 14.0. The first-order valence-corrected chi connectivity index (χ1v) is 9.07. The number of nitrogens with zero attached hydrogens (tertiary/aromatic N) is 2. The lowest BCUT2D eigenvalue weighted by atomic mass is 9.89. The second-order valence-electron chi connectivity index (χ2n) is 6.74. The van der Waals surface area contributed by atoms with Gasteiger partial charge in [-0.05, 0) is 26.2 Å². The van der Waals surface area contributed by atoms with Crippen LogP contribution in [0, 0.1) is 19.3 Å². The zero-order valence-electron chi connectivity index (χ0n) is 15.6. The number of thiazole rings is 1. The van der Waals surface area contributed by atoms with Crippen LogP contribution in [0.15, 0.2) is 4.99 Å². The van der Waals surface area contributed by atoms with E-state index in [2.05, 4.69) is 62.2 Å². The minimum absolute atomic E-state index is 0.0749. The van der Waals surface area contributed by atoms with E-state index >= 15 is 0 Å². The van der Waals surface area contributed by atoms with Crippen molar-refractivity contribution in [2.45, 2.75) is 54.1 Å². The predicted octanol–water partition coefficient (Wildman–Crippen LogP) is 2.92. The molecule has 0 spiro atoms. The van der Waals surface area contributed by atoms with Crippen molar-refractivity contribution in [3.8, 4) is 0 Å². The van der Waals surface area contributed by atoms with Crippen molar-refractivity contribution >= 4 is 17.3 Å². The molecule has 5 nitrogen and oxygen atoms in total. The Balaban J connectivity index is 2.55. The maximum Gasteiger partial charge on any atom is 0.191 e. The Hall–Kier alpha value is -1.14. The zero-order valence-corrected chi connectivity index (χ0v) is 16.4. The summed E-state index contributed by atoms with van der Waals surface area (Å²) >= 11 is 1.77. The van der Waals surface area contributed by atoms with Crippen molar-refractivity contribution in [1.82, 2.24) is 15.6 Å². The Bertz CT molecular complexity index is 486. The van der Waals surface area contributed by atoms with Gasteiger partial charge >= 0.3 is 0 Å². The second-order valence-corrected chi connectivity index (χ2v) is 8.02. The number of aryl methyl sites for hydroxylation is 2. The van der Waals surface area contributed by atoms with E-state index in [4.69, 9.17) is 4.74 Å². The molecule has 2 N–H and O–H groups in total. The highest BCUT2D eigenvalue weighted by atomic mass is 32.1. The molecule has 1 rings (SSSR count). The third-order valence-corrected chi connectivity index (χ3v) is 4.85. The average molecular weight is 341 g/mol. The summed E-state index contributed by atoms with van der Waals surface area (Å²) in [5, 5.41) is 7.84. The van der Waals surface area contributed by atoms with Gasteiger partial charge in [-0.3, -0.25) is 4.99 Å². The molecule has 0 aliphatic carbocycles. The van der Waals surface area contributed by atoms with Gasteiger partial charge in [0.15, 0.2) is 5.96 Å². The minimum atomic E-state index is 0.0749. The fraction of sp³-hybridized carbons (Fsp3) is 0.765. The van der Waals surface area contributed by atoms with Gasteiger partial charge in [0.2, 0.25) is 0 Å². The van der Waals surface area contributed by atoms with E-state index in [0.29, 0.717) is 6.54 Å². The molecule has 0 amide bonds. The van der Waals surface area contributed by atoms with E-state index in [1.165, 1.54) is 9.88 Å². The van der Waals surface area contributed by atoms with Crippen LogP contribution in [-0.2, 0) is 11.2 Å². The summed E-state index contributed by atoms with van der Waals surface area (Å²) in [4.78, 5) is 10.5. The molecule has 0 aliphatic rings. The molecule has 0 aliphatic heterocycles. The topological polar surface area (TPSA) is 58.5 Å². The number of hydrogen-bond donors (Lipinski definition) is 2. The Morgan fingerprint density at radius 3 is 2.48 bits per heavy atom. The van der Waals surface area contributed by atoms with Gasteiger partial charge in [0, 0.05) is 31.5 Å². The molecule has 0 fully saturated rings. The van der Waals surface area contributed by atoms with Gasteiger partial charge < -0.3 is 15.4 Å². The van der Waals surface area contributed by atoms with Crippen LogP contribution in [0.25, 0.3) is 0 Å². The number of aliphatic imine (C=N–C) groups is 1. The zero-order chi connectivity index (χ0) is 17.5. The number of rotatable bonds is 7. The average Bonchev–Trinajstić information content (AvgIpc) is 2.76. The van der Waals surface area contributed by atoms with Crippen molar-refractivity contribution in [3.05, 3.63) is 15.6 Å². The summed E-state index contributed by atoms with van der Waals surface area (Å²) < 4.78 is 5.56. The summed E-state index contributed by atoms with van der Waals surface area (Å²) in [6.45, 7) is 15.1. The maximum atomic E-state index is 5.56. The van der Waals surface area contributed by atoms with Crippen LogP contribution in [0.1, 0.15) is 43.3 Å². The summed E-state index contributed by atoms with van der Waals surface area (Å²) in [5.74, 6) is 0.837. The fourth-order valence-corrected chi connectivity index (χ4v) is 3.09. The Kier molecular flexibility index (Phi) is 7.99. The van der Waals surface area contributed by atoms with Gasteiger partial charge in [0.25, 0.3) is 0 Å². The van der Waals surface area contributed by atoms with Crippen molar-refractivity contribution in [2.75, 3.05) is 26.7 Å². The SMILES string of the molecule is CCNC(=NCC(OC)C(C)(C)C)NCCc1nc(C)c(C)s1. The molecule has 0 radical (unpaired) electrons. The molecule has 1 unspecified atom stereocenters. The first-order chi connectivity index (χ1) is 10.8. The van der Waals surface area contributed by atoms with Gasteiger partial charge in [-0.1, -0.05) is 20.8 Å². The summed E-state index contributed by atoms with van der Waals surface area (Å²) in [5.41, 5.74) is 1.21. The van der Waals surface area contributed by atoms with Crippen LogP contribution in [0.4, 0.5) is 0 Å². The van der Waals surface area contributed by atoms with Crippen molar-refractivity contribution in [1.29, 1.82) is 0 Å². The quantitative estimate of drug-likeness (QED) is 0.592. The molecular weight excluding hydrogens is 308 g/mol. The van der Waals surface area contributed by atoms with E-state index in [1.54, 1.807) is 18.4 Å². The molecule has 6 heteroatoms. The summed E-state index contributed by atoms with van der Waals surface area (Å²) in [6.07, 6.45) is 1.01. The molecule has 0 saturated heterocycles. The Labute approximate surface area is 145 Å². The standard InChI is InChI=1S/C17H32N4OS/c1-8-18-16(20-11-14(22-7)17(4,5)6)19-10-9-15-21-12(2)13(3)23-15/h14H,8-11H2,1-7H3,(H2,18,19,20). The number of hydrogen-bond acceptors (Lipinski definition) is 4. The first-order valence-electron chi connectivity index (χ1n) is 8.25. The molecule has 1 atom stereocenters. The van der Waals surface area contributed by atoms with Gasteiger partial charge in [-0.15, -0.1) is 11.3 Å². The highest BCUT2D eigenvalue weighted by Crippen LogP contribution is 2.21. The lowest BCUT2D eigenvalue weighted by Crippen LogP contribution is -2.40. The van der Waals surface area contributed by atoms with Gasteiger partial charge in [0.1, 0.15) is 0 Å². The highest BCUT2D eigenvalue weighted by Gasteiger charge is 2.24. The smallest absolute Gasteiger partial charge is 0.191 e. The van der Waals surface area contributed by atoms with E-state index in [9.17, 15) is 0 Å². The van der Waals surface area contributed by atoms with Gasteiger partial charge in [-0.25, -0.2) is 4.98 Å². The first kappa shape index (κ1) is 19.9. The molecule has 1 heterocycles. The van der Waals surface area contributed by atoms with Crippen LogP contribution < -0.4 is 10.6 Å². The van der Waals surface area contributed by atoms with Crippen LogP contribution in [0.5, 0.6) is 0 Å². The Morgan fingerprint density at radius 1 is 1.30 bits per heavy atom. The maximum absolute atomic E-state index is 5.56. The molecular formula is C17H32N4OS. The largest absolute Gasteiger partial charge is 0.379 e. The molecule has 23 heavy (non-hydrogen) atoms. The number of methoxy groups -OCH3 is 1. The molecule has 0 aromatic carbocycles. The molecule has 132 valence electrons. The van der Waals surface area contributed by atoms with Gasteiger partial charge in [-0.2, -0.15) is 0 Å². The van der Waals surface area contributed by atoms with E-state index < -0.39 is 0 Å². The van der Waals surface area contributed by atoms with E-state index in [-0.39, 0.29) is 11.5 Å². The summed E-state index contributed by atoms with van der Waals surface area (Å²) in [6, 6.07) is 0. The van der Waals surface area contributed by atoms with Crippen LogP contribution in [0.2, 0.25) is 0 Å². The molecule has 0 bridgehead atoms. The van der Waals surface area contributed by atoms with Gasteiger partial charge in [0.05, 0.1) is 23.4 Å². The van der Waals surface area contributed by atoms with Crippen LogP contribution in [0.3, 0.4) is 0 Å². The van der Waals surface area contributed by atoms with Crippen molar-refractivity contribution < 1.29 is 4.74 Å². The highest BCUT2D eigenvalue weighted by molar-refractivity contribution is 7.11. The molecule has 1 aromatic heterocycles. The van der Waals surface area contributed by atoms with Crippen molar-refractivity contribution in [3.63, 3.8) is 0 Å². The van der Waals surface area contributed by atoms with Crippen LogP contribution in [-0.4, -0.2) is 43.8 Å². The number of nitrogens with one attached hydrogen (secondary N) is 2. The van der Waals surface area contributed by atoms with E-state index in [1.807, 2.05) is 0 Å². The minimum Gasteiger partial charge on any atom is -0.379 e. The number of ether oxygens (including phenoxy) is 1. The van der Waals surface area contributed by atoms with Crippen LogP contribution >= 0.6 is 11.3 Å². The Morgan fingerprint density at radius 2 is 2.00 bits per heavy atom. The lowest BCUT2D eigenvalue weighted by Gasteiger charge is -2.28. The molecule has 0 saturated carbocycles. The monoisotopic (exact) mass is 340 g/mol. The third-order valence-electron chi connectivity index (χ3n) is 3.71. The number of guanidine groups is 1. The number of aromatic nitrogens is 1. The predicted molar refractivity (Wildman–Crippen MR) is 99.5 cm³/mol. The van der Waals surface area contributed by atoms with Crippen molar-refractivity contribution in [2.24, 2.45) is 10.4 Å². The third kappa shape index (κ3) is 6.87.